The standard InChI is InChI=1S/C11H19N3O2/c1-11(2,3)16-10(15)14-7-8(12)9-5-4-6-13-9/h4-6,8,13H,7,12H2,1-3H3,(H,14,15). The third-order valence-corrected chi connectivity index (χ3v) is 1.89. The number of ether oxygens (including phenoxy) is 1. The summed E-state index contributed by atoms with van der Waals surface area (Å²) in [7, 11) is 0. The molecule has 16 heavy (non-hydrogen) atoms. The molecule has 1 unspecified atom stereocenters. The lowest BCUT2D eigenvalue weighted by Gasteiger charge is -2.20. The van der Waals surface area contributed by atoms with Crippen molar-refractivity contribution >= 4 is 6.09 Å². The molecule has 0 bridgehead atoms. The molecule has 1 aromatic rings. The van der Waals surface area contributed by atoms with Gasteiger partial charge in [0.2, 0.25) is 0 Å². The topological polar surface area (TPSA) is 80.1 Å². The lowest BCUT2D eigenvalue weighted by Crippen LogP contribution is -2.36. The van der Waals surface area contributed by atoms with Crippen LogP contribution in [0.1, 0.15) is 32.5 Å². The molecule has 1 atom stereocenters. The van der Waals surface area contributed by atoms with Crippen LogP contribution in [0.2, 0.25) is 0 Å². The van der Waals surface area contributed by atoms with E-state index in [-0.39, 0.29) is 6.04 Å². The fraction of sp³-hybridized carbons (Fsp3) is 0.545. The number of carbonyl (C=O) groups is 1. The van der Waals surface area contributed by atoms with Crippen molar-refractivity contribution in [2.75, 3.05) is 6.54 Å². The van der Waals surface area contributed by atoms with E-state index >= 15 is 0 Å². The van der Waals surface area contributed by atoms with Crippen molar-refractivity contribution in [1.29, 1.82) is 0 Å². The second kappa shape index (κ2) is 5.03. The van der Waals surface area contributed by atoms with Gasteiger partial charge < -0.3 is 20.8 Å². The van der Waals surface area contributed by atoms with E-state index in [4.69, 9.17) is 10.5 Å². The van der Waals surface area contributed by atoms with Gasteiger partial charge in [-0.3, -0.25) is 0 Å². The predicted octanol–water partition coefficient (Wildman–Crippen LogP) is 1.54. The number of aromatic amines is 1. The molecule has 0 radical (unpaired) electrons. The maximum absolute atomic E-state index is 11.3. The van der Waals surface area contributed by atoms with Crippen LogP contribution in [-0.4, -0.2) is 23.2 Å². The number of hydrogen-bond donors (Lipinski definition) is 3. The highest BCUT2D eigenvalue weighted by Gasteiger charge is 2.16. The van der Waals surface area contributed by atoms with Gasteiger partial charge in [0.25, 0.3) is 0 Å². The molecule has 0 aromatic carbocycles. The molecular formula is C11H19N3O2. The summed E-state index contributed by atoms with van der Waals surface area (Å²) in [5, 5.41) is 2.62. The van der Waals surface area contributed by atoms with Gasteiger partial charge in [-0.2, -0.15) is 0 Å². The van der Waals surface area contributed by atoms with Crippen molar-refractivity contribution in [3.05, 3.63) is 24.0 Å². The monoisotopic (exact) mass is 225 g/mol. The molecular weight excluding hydrogens is 206 g/mol. The molecule has 0 saturated carbocycles. The van der Waals surface area contributed by atoms with Gasteiger partial charge in [0.05, 0.1) is 6.04 Å². The van der Waals surface area contributed by atoms with Crippen molar-refractivity contribution in [2.45, 2.75) is 32.4 Å². The summed E-state index contributed by atoms with van der Waals surface area (Å²) in [6.07, 6.45) is 1.34. The van der Waals surface area contributed by atoms with Gasteiger partial charge in [-0.05, 0) is 32.9 Å². The van der Waals surface area contributed by atoms with Crippen molar-refractivity contribution in [3.8, 4) is 0 Å². The summed E-state index contributed by atoms with van der Waals surface area (Å²) in [4.78, 5) is 14.3. The zero-order chi connectivity index (χ0) is 12.2. The number of amides is 1. The highest BCUT2D eigenvalue weighted by atomic mass is 16.6. The van der Waals surface area contributed by atoms with Crippen LogP contribution >= 0.6 is 0 Å². The molecule has 1 rings (SSSR count). The number of aromatic nitrogens is 1. The molecule has 0 spiro atoms. The number of carbonyl (C=O) groups excluding carboxylic acids is 1. The van der Waals surface area contributed by atoms with Crippen LogP contribution in [0.5, 0.6) is 0 Å². The highest BCUT2D eigenvalue weighted by molar-refractivity contribution is 5.67. The number of rotatable bonds is 3. The maximum atomic E-state index is 11.3. The Kier molecular flexibility index (Phi) is 3.95. The first-order valence-corrected chi connectivity index (χ1v) is 5.24. The molecule has 90 valence electrons. The van der Waals surface area contributed by atoms with E-state index in [1.807, 2.05) is 32.9 Å². The molecule has 0 fully saturated rings. The number of alkyl carbamates (subject to hydrolysis) is 1. The summed E-state index contributed by atoms with van der Waals surface area (Å²) in [6.45, 7) is 5.79. The van der Waals surface area contributed by atoms with Crippen molar-refractivity contribution in [3.63, 3.8) is 0 Å². The molecule has 1 amide bonds. The molecule has 0 saturated heterocycles. The molecule has 0 aliphatic rings. The molecule has 5 nitrogen and oxygen atoms in total. The first-order valence-electron chi connectivity index (χ1n) is 5.24. The normalized spacial score (nSPS) is 13.2. The minimum absolute atomic E-state index is 0.248. The zero-order valence-corrected chi connectivity index (χ0v) is 9.91. The third kappa shape index (κ3) is 4.35. The zero-order valence-electron chi connectivity index (χ0n) is 9.91. The lowest BCUT2D eigenvalue weighted by molar-refractivity contribution is 0.0524. The van der Waals surface area contributed by atoms with Gasteiger partial charge in [-0.25, -0.2) is 4.79 Å². The van der Waals surface area contributed by atoms with Gasteiger partial charge in [-0.1, -0.05) is 0 Å². The summed E-state index contributed by atoms with van der Waals surface area (Å²) in [5.41, 5.74) is 6.25. The second-order valence-corrected chi connectivity index (χ2v) is 4.61. The van der Waals surface area contributed by atoms with Gasteiger partial charge in [-0.15, -0.1) is 0 Å². The average Bonchev–Trinajstić information content (AvgIpc) is 2.64. The van der Waals surface area contributed by atoms with Gasteiger partial charge >= 0.3 is 6.09 Å². The van der Waals surface area contributed by atoms with Gasteiger partial charge in [0.1, 0.15) is 5.60 Å². The third-order valence-electron chi connectivity index (χ3n) is 1.89. The number of H-pyrrole nitrogens is 1. The second-order valence-electron chi connectivity index (χ2n) is 4.61. The Balaban J connectivity index is 2.32. The fourth-order valence-electron chi connectivity index (χ4n) is 1.19. The van der Waals surface area contributed by atoms with Crippen LogP contribution in [-0.2, 0) is 4.74 Å². The Labute approximate surface area is 95.4 Å². The summed E-state index contributed by atoms with van der Waals surface area (Å²) in [6, 6.07) is 3.49. The van der Waals surface area contributed by atoms with Crippen LogP contribution in [0.4, 0.5) is 4.79 Å². The summed E-state index contributed by atoms with van der Waals surface area (Å²) >= 11 is 0. The Morgan fingerprint density at radius 1 is 1.62 bits per heavy atom. The quantitative estimate of drug-likeness (QED) is 0.730. The first-order chi connectivity index (χ1) is 7.38. The molecule has 5 heteroatoms. The van der Waals surface area contributed by atoms with E-state index in [0.717, 1.165) is 5.69 Å². The Morgan fingerprint density at radius 3 is 2.81 bits per heavy atom. The molecule has 0 aliphatic carbocycles. The van der Waals surface area contributed by atoms with E-state index in [0.29, 0.717) is 6.54 Å². The summed E-state index contributed by atoms with van der Waals surface area (Å²) in [5.74, 6) is 0. The first kappa shape index (κ1) is 12.6. The van der Waals surface area contributed by atoms with Gasteiger partial charge in [0, 0.05) is 18.4 Å². The largest absolute Gasteiger partial charge is 0.444 e. The lowest BCUT2D eigenvalue weighted by atomic mass is 10.2. The SMILES string of the molecule is CC(C)(C)OC(=O)NCC(N)c1ccc[nH]1. The van der Waals surface area contributed by atoms with Gasteiger partial charge in [0.15, 0.2) is 0 Å². The maximum Gasteiger partial charge on any atom is 0.407 e. The van der Waals surface area contributed by atoms with Crippen LogP contribution in [0.25, 0.3) is 0 Å². The van der Waals surface area contributed by atoms with Crippen molar-refractivity contribution in [1.82, 2.24) is 10.3 Å². The molecule has 1 aromatic heterocycles. The molecule has 1 heterocycles. The Morgan fingerprint density at radius 2 is 2.31 bits per heavy atom. The highest BCUT2D eigenvalue weighted by Crippen LogP contribution is 2.08. The van der Waals surface area contributed by atoms with E-state index in [1.54, 1.807) is 6.20 Å². The van der Waals surface area contributed by atoms with E-state index < -0.39 is 11.7 Å². The molecule has 0 aliphatic heterocycles. The fourth-order valence-corrected chi connectivity index (χ4v) is 1.19. The number of hydrogen-bond acceptors (Lipinski definition) is 3. The number of nitrogens with one attached hydrogen (secondary N) is 2. The van der Waals surface area contributed by atoms with Crippen molar-refractivity contribution in [2.24, 2.45) is 5.73 Å². The van der Waals surface area contributed by atoms with Crippen LogP contribution in [0.3, 0.4) is 0 Å². The summed E-state index contributed by atoms with van der Waals surface area (Å²) < 4.78 is 5.09. The van der Waals surface area contributed by atoms with Crippen LogP contribution in [0.15, 0.2) is 18.3 Å². The average molecular weight is 225 g/mol. The van der Waals surface area contributed by atoms with E-state index in [1.165, 1.54) is 0 Å². The van der Waals surface area contributed by atoms with E-state index in [2.05, 4.69) is 10.3 Å². The minimum Gasteiger partial charge on any atom is -0.444 e. The van der Waals surface area contributed by atoms with Crippen LogP contribution in [0, 0.1) is 0 Å². The Hall–Kier alpha value is -1.49. The predicted molar refractivity (Wildman–Crippen MR) is 62.0 cm³/mol. The van der Waals surface area contributed by atoms with Crippen LogP contribution < -0.4 is 11.1 Å². The molecule has 4 N–H and O–H groups in total. The smallest absolute Gasteiger partial charge is 0.407 e. The Bertz CT molecular complexity index is 327. The minimum atomic E-state index is -0.486. The van der Waals surface area contributed by atoms with Crippen molar-refractivity contribution < 1.29 is 9.53 Å². The van der Waals surface area contributed by atoms with E-state index in [9.17, 15) is 4.79 Å². The number of nitrogens with two attached hydrogens (primary N) is 1.